The van der Waals surface area contributed by atoms with Crippen molar-refractivity contribution in [2.24, 2.45) is 5.92 Å². The molecular formula is C48H46ClF10N8O10PS2. The molecular weight excluding hydrogens is 1170 g/mol. The molecule has 32 heteroatoms. The van der Waals surface area contributed by atoms with Crippen molar-refractivity contribution < 1.29 is 89.2 Å². The molecule has 3 atom stereocenters. The zero-order chi connectivity index (χ0) is 59.2. The largest absolute Gasteiger partial charge is 0.469 e. The molecule has 18 nitrogen and oxygen atoms in total. The summed E-state index contributed by atoms with van der Waals surface area (Å²) < 4.78 is 217. The molecule has 2 aliphatic carbocycles. The van der Waals surface area contributed by atoms with E-state index >= 15 is 8.78 Å². The molecule has 0 spiro atoms. The van der Waals surface area contributed by atoms with Gasteiger partial charge in [-0.3, -0.25) is 28.6 Å². The number of sulfone groups is 1. The first-order valence-corrected chi connectivity index (χ1v) is 29.2. The monoisotopic (exact) mass is 1210 g/mol. The van der Waals surface area contributed by atoms with Gasteiger partial charge in [-0.05, 0) is 81.3 Å². The minimum absolute atomic E-state index is 0.00494. The number of benzene rings is 3. The maximum Gasteiger partial charge on any atom is 0.469 e. The average molecular weight is 1220 g/mol. The number of urea groups is 1. The number of alkyl halides is 8. The van der Waals surface area contributed by atoms with Crippen LogP contribution in [0.15, 0.2) is 66.7 Å². The minimum Gasteiger partial charge on any atom is -0.346 e. The molecule has 0 aliphatic heterocycles. The van der Waals surface area contributed by atoms with Gasteiger partial charge in [0.2, 0.25) is 15.9 Å². The fourth-order valence-electron chi connectivity index (χ4n) is 9.56. The molecule has 2 aliphatic rings. The van der Waals surface area contributed by atoms with Crippen LogP contribution in [0.2, 0.25) is 5.02 Å². The first kappa shape index (κ1) is 59.9. The summed E-state index contributed by atoms with van der Waals surface area (Å²) in [7, 11) is -12.9. The predicted octanol–water partition coefficient (Wildman–Crippen LogP) is 9.50. The summed E-state index contributed by atoms with van der Waals surface area (Å²) >= 11 is 6.75. The Labute approximate surface area is 453 Å². The van der Waals surface area contributed by atoms with Gasteiger partial charge in [-0.2, -0.15) is 49.6 Å². The van der Waals surface area contributed by atoms with Gasteiger partial charge in [0.05, 0.1) is 51.0 Å². The van der Waals surface area contributed by atoms with Crippen LogP contribution in [0.4, 0.5) is 60.2 Å². The van der Waals surface area contributed by atoms with Crippen LogP contribution in [0.25, 0.3) is 22.0 Å². The summed E-state index contributed by atoms with van der Waals surface area (Å²) in [6.45, 7) is -1.40. The Morgan fingerprint density at radius 3 is 2.17 bits per heavy atom. The van der Waals surface area contributed by atoms with E-state index in [1.54, 1.807) is 0 Å². The molecule has 3 heterocycles. The minimum atomic E-state index is -5.24. The van der Waals surface area contributed by atoms with Gasteiger partial charge in [-0.1, -0.05) is 41.9 Å². The van der Waals surface area contributed by atoms with Crippen molar-refractivity contribution in [2.45, 2.75) is 94.2 Å². The number of sulfonamides is 1. The smallest absolute Gasteiger partial charge is 0.346 e. The number of halogens is 11. The van der Waals surface area contributed by atoms with Gasteiger partial charge in [0.15, 0.2) is 21.3 Å². The highest BCUT2D eigenvalue weighted by molar-refractivity contribution is 7.93. The fraction of sp³-hybridized carbons (Fsp3) is 0.396. The lowest BCUT2D eigenvalue weighted by atomic mass is 9.93. The summed E-state index contributed by atoms with van der Waals surface area (Å²) in [5, 5.41) is 8.68. The number of amides is 3. The van der Waals surface area contributed by atoms with Crippen molar-refractivity contribution in [3.8, 4) is 11.1 Å². The molecule has 1 fully saturated rings. The standard InChI is InChI=1S/C48H46ClF10N8O10PS2/c1-45(2,79(4,73)74)15-14-28-10-11-29(39(60-28)34(18-24-16-26(50)19-27(51)17-24)61-36(68)21-65-42-37(41(62-65)48(57,58)59)31-20-32(31)47(42,55)56)30-12-13-33(49)38-40(30)66(23-46(52,53)54)63-43(38)67(80(5,75)76)44(69)64(3)35-9-7-6-8-25(35)22-77-78(70,71)72/h6-13,16-17,19,31-32,34H,14-15,18,20-23H2,1-5H3,(H,61,68)(H2,70,71,72)/t31-,32?,34-/m0/s1. The van der Waals surface area contributed by atoms with Gasteiger partial charge in [0.1, 0.15) is 30.4 Å². The predicted molar refractivity (Wildman–Crippen MR) is 269 cm³/mol. The molecule has 1 unspecified atom stereocenters. The van der Waals surface area contributed by atoms with Gasteiger partial charge in [0.25, 0.3) is 5.92 Å². The van der Waals surface area contributed by atoms with Gasteiger partial charge < -0.3 is 15.1 Å². The molecule has 0 radical (unpaired) electrons. The number of carbonyl (C=O) groups is 2. The zero-order valence-electron chi connectivity index (χ0n) is 42.2. The number of nitrogens with zero attached hydrogens (tertiary/aromatic N) is 7. The van der Waals surface area contributed by atoms with Crippen LogP contribution < -0.4 is 14.5 Å². The Balaban J connectivity index is 1.34. The third kappa shape index (κ3) is 12.3. The molecule has 3 amide bonds. The van der Waals surface area contributed by atoms with E-state index in [0.717, 1.165) is 37.6 Å². The highest BCUT2D eigenvalue weighted by Gasteiger charge is 2.68. The molecule has 0 bridgehead atoms. The van der Waals surface area contributed by atoms with Crippen LogP contribution in [0.5, 0.6) is 0 Å². The topological polar surface area (TPSA) is 236 Å². The Morgan fingerprint density at radius 1 is 0.938 bits per heavy atom. The van der Waals surface area contributed by atoms with Crippen molar-refractivity contribution in [1.82, 2.24) is 29.9 Å². The van der Waals surface area contributed by atoms with E-state index in [9.17, 15) is 75.9 Å². The van der Waals surface area contributed by atoms with Crippen molar-refractivity contribution >= 4 is 73.6 Å². The van der Waals surface area contributed by atoms with Crippen LogP contribution in [0.1, 0.15) is 78.1 Å². The number of aromatic nitrogens is 5. The van der Waals surface area contributed by atoms with Crippen LogP contribution >= 0.6 is 19.4 Å². The van der Waals surface area contributed by atoms with Crippen molar-refractivity contribution in [1.29, 1.82) is 0 Å². The maximum absolute atomic E-state index is 15.7. The second kappa shape index (κ2) is 21.0. The lowest BCUT2D eigenvalue weighted by Gasteiger charge is -2.27. The number of aryl methyl sites for hydroxylation is 1. The summed E-state index contributed by atoms with van der Waals surface area (Å²) in [6, 6.07) is 8.64. The average Bonchev–Trinajstić information content (AvgIpc) is 3.85. The summed E-state index contributed by atoms with van der Waals surface area (Å²) in [6.07, 6.45) is -10.3. The normalized spacial score (nSPS) is 16.8. The van der Waals surface area contributed by atoms with Crippen molar-refractivity contribution in [3.05, 3.63) is 123 Å². The van der Waals surface area contributed by atoms with Crippen LogP contribution in [0, 0.1) is 17.6 Å². The number of hydrogen-bond acceptors (Lipinski definition) is 11. The Morgan fingerprint density at radius 2 is 1.57 bits per heavy atom. The molecule has 3 aromatic heterocycles. The Bertz CT molecular complexity index is 3740. The number of nitrogens with one attached hydrogen (secondary N) is 1. The van der Waals surface area contributed by atoms with Crippen molar-refractivity contribution in [2.75, 3.05) is 28.8 Å². The number of anilines is 2. The highest BCUT2D eigenvalue weighted by atomic mass is 35.5. The molecule has 0 saturated heterocycles. The van der Waals surface area contributed by atoms with Crippen LogP contribution in [0.3, 0.4) is 0 Å². The quantitative estimate of drug-likeness (QED) is 0.0538. The van der Waals surface area contributed by atoms with E-state index in [1.807, 2.05) is 0 Å². The first-order chi connectivity index (χ1) is 36.8. The molecule has 3 aromatic carbocycles. The third-order valence-electron chi connectivity index (χ3n) is 13.7. The number of fused-ring (bicyclic) bond motifs is 4. The van der Waals surface area contributed by atoms with Crippen molar-refractivity contribution in [3.63, 3.8) is 0 Å². The summed E-state index contributed by atoms with van der Waals surface area (Å²) in [5.41, 5.74) is -5.90. The van der Waals surface area contributed by atoms with Gasteiger partial charge >= 0.3 is 26.2 Å². The van der Waals surface area contributed by atoms with E-state index in [2.05, 4.69) is 20.0 Å². The molecule has 1 saturated carbocycles. The number of phosphoric ester groups is 1. The molecule has 432 valence electrons. The van der Waals surface area contributed by atoms with E-state index in [-0.39, 0.29) is 66.6 Å². The van der Waals surface area contributed by atoms with Crippen LogP contribution in [-0.4, -0.2) is 93.6 Å². The van der Waals surface area contributed by atoms with Gasteiger partial charge in [-0.15, -0.1) is 0 Å². The molecule has 8 rings (SSSR count). The zero-order valence-corrected chi connectivity index (χ0v) is 45.5. The van der Waals surface area contributed by atoms with Crippen LogP contribution in [-0.2, 0) is 78.4 Å². The number of carbonyl (C=O) groups excluding carboxylic acids is 2. The maximum atomic E-state index is 15.7. The third-order valence-corrected chi connectivity index (χ3v) is 17.6. The summed E-state index contributed by atoms with van der Waals surface area (Å²) in [4.78, 5) is 53.0. The van der Waals surface area contributed by atoms with E-state index in [4.69, 9.17) is 16.6 Å². The van der Waals surface area contributed by atoms with E-state index in [0.29, 0.717) is 17.2 Å². The summed E-state index contributed by atoms with van der Waals surface area (Å²) in [5.74, 6) is -11.3. The first-order valence-electron chi connectivity index (χ1n) is 23.6. The molecule has 6 aromatic rings. The van der Waals surface area contributed by atoms with Gasteiger partial charge in [-0.25, -0.2) is 35.0 Å². The highest BCUT2D eigenvalue weighted by Crippen LogP contribution is 2.68. The lowest BCUT2D eigenvalue weighted by Crippen LogP contribution is -2.45. The van der Waals surface area contributed by atoms with E-state index in [1.165, 1.54) is 50.2 Å². The molecule has 80 heavy (non-hydrogen) atoms. The number of pyridine rings is 1. The van der Waals surface area contributed by atoms with Gasteiger partial charge in [0, 0.05) is 53.2 Å². The number of rotatable bonds is 18. The second-order valence-electron chi connectivity index (χ2n) is 19.9. The Hall–Kier alpha value is -6.17. The second-order valence-corrected chi connectivity index (χ2v) is 26.0. The molecule has 3 N–H and O–H groups in total. The lowest BCUT2D eigenvalue weighted by molar-refractivity contribution is -0.143. The number of para-hydroxylation sites is 1. The Kier molecular flexibility index (Phi) is 15.7. The fourth-order valence-corrected chi connectivity index (χ4v) is 11.4. The number of hydrogen-bond donors (Lipinski definition) is 3. The SMILES string of the molecule is CN(C(=O)N(c1nn(CC(F)(F)F)c2c(-c3ccc(CCC(C)(C)S(C)(=O)=O)nc3[C@H](Cc3cc(F)cc(F)c3)NC(=O)Cn3nc(C(F)(F)F)c4c3C(F)(F)C3C[C@H]43)ccc(Cl)c12)S(C)(=O)=O)c1ccccc1COP(=O)(O)O. The van der Waals surface area contributed by atoms with E-state index < -0.39 is 163 Å². The number of phosphoric acid groups is 1.